The van der Waals surface area contributed by atoms with Crippen molar-refractivity contribution >= 4 is 33.2 Å². The topological polar surface area (TPSA) is 120 Å². The molecule has 2 aromatic heterocycles. The van der Waals surface area contributed by atoms with Gasteiger partial charge in [-0.2, -0.15) is 15.2 Å². The average Bonchev–Trinajstić information content (AvgIpc) is 3.27. The Balaban J connectivity index is 1.88. The molecular weight excluding hydrogens is 430 g/mol. The second kappa shape index (κ2) is 7.66. The van der Waals surface area contributed by atoms with Gasteiger partial charge in [-0.1, -0.05) is 27.3 Å². The maximum absolute atomic E-state index is 12.6. The Kier molecular flexibility index (Phi) is 5.31. The molecule has 0 unspecified atom stereocenters. The molecule has 0 aliphatic rings. The van der Waals surface area contributed by atoms with Crippen LogP contribution in [0.2, 0.25) is 0 Å². The summed E-state index contributed by atoms with van der Waals surface area (Å²) in [6.45, 7) is 3.51. The van der Waals surface area contributed by atoms with Crippen LogP contribution in [-0.2, 0) is 0 Å². The predicted octanol–water partition coefficient (Wildman–Crippen LogP) is 3.03. The van der Waals surface area contributed by atoms with Crippen molar-refractivity contribution in [1.82, 2.24) is 25.1 Å². The molecule has 1 N–H and O–H groups in total. The van der Waals surface area contributed by atoms with E-state index in [-0.39, 0.29) is 5.91 Å². The molecule has 0 aliphatic carbocycles. The molecular formula is C17H12BrN7OS. The first-order chi connectivity index (χ1) is 12.9. The van der Waals surface area contributed by atoms with Crippen molar-refractivity contribution in [1.29, 1.82) is 10.5 Å². The fourth-order valence-electron chi connectivity index (χ4n) is 2.40. The second-order valence-corrected chi connectivity index (χ2v) is 7.51. The van der Waals surface area contributed by atoms with Gasteiger partial charge in [-0.3, -0.25) is 4.79 Å². The summed E-state index contributed by atoms with van der Waals surface area (Å²) in [5.41, 5.74) is 0.740. The Morgan fingerprint density at radius 3 is 2.78 bits per heavy atom. The number of halogens is 1. The second-order valence-electron chi connectivity index (χ2n) is 5.58. The van der Waals surface area contributed by atoms with Gasteiger partial charge in [0.05, 0.1) is 23.9 Å². The minimum atomic E-state index is -0.474. The molecule has 27 heavy (non-hydrogen) atoms. The number of nitrogens with one attached hydrogen (secondary N) is 1. The van der Waals surface area contributed by atoms with Gasteiger partial charge in [-0.25, -0.2) is 9.97 Å². The van der Waals surface area contributed by atoms with Crippen molar-refractivity contribution < 1.29 is 4.79 Å². The zero-order chi connectivity index (χ0) is 19.6. The van der Waals surface area contributed by atoms with Crippen LogP contribution in [0.25, 0.3) is 5.13 Å². The monoisotopic (exact) mass is 441 g/mol. The van der Waals surface area contributed by atoms with Crippen molar-refractivity contribution in [2.75, 3.05) is 0 Å². The molecule has 1 atom stereocenters. The van der Waals surface area contributed by atoms with E-state index in [4.69, 9.17) is 10.5 Å². The molecule has 134 valence electrons. The summed E-state index contributed by atoms with van der Waals surface area (Å²) in [4.78, 5) is 21.6. The van der Waals surface area contributed by atoms with E-state index in [0.717, 1.165) is 0 Å². The Morgan fingerprint density at radius 2 is 2.11 bits per heavy atom. The first-order valence-corrected chi connectivity index (χ1v) is 9.33. The van der Waals surface area contributed by atoms with E-state index in [0.29, 0.717) is 37.3 Å². The van der Waals surface area contributed by atoms with Crippen LogP contribution in [0.5, 0.6) is 0 Å². The van der Waals surface area contributed by atoms with Crippen LogP contribution in [0.15, 0.2) is 28.9 Å². The van der Waals surface area contributed by atoms with Gasteiger partial charge in [-0.05, 0) is 32.0 Å². The lowest BCUT2D eigenvalue weighted by Gasteiger charge is -2.14. The number of rotatable bonds is 4. The number of thiazole rings is 1. The van der Waals surface area contributed by atoms with Gasteiger partial charge in [-0.15, -0.1) is 5.10 Å². The number of hydrogen-bond acceptors (Lipinski definition) is 7. The van der Waals surface area contributed by atoms with Gasteiger partial charge >= 0.3 is 0 Å². The number of benzene rings is 1. The molecule has 0 radical (unpaired) electrons. The Labute approximate surface area is 167 Å². The normalized spacial score (nSPS) is 11.4. The number of carbonyl (C=O) groups excluding carboxylic acids is 1. The largest absolute Gasteiger partial charge is 0.342 e. The van der Waals surface area contributed by atoms with Crippen molar-refractivity contribution in [2.45, 2.75) is 19.9 Å². The van der Waals surface area contributed by atoms with E-state index < -0.39 is 6.04 Å². The van der Waals surface area contributed by atoms with Crippen LogP contribution < -0.4 is 5.32 Å². The Bertz CT molecular complexity index is 1110. The third-order valence-corrected chi connectivity index (χ3v) is 4.88. The molecule has 1 amide bonds. The van der Waals surface area contributed by atoms with Gasteiger partial charge in [0.1, 0.15) is 16.8 Å². The molecule has 0 saturated heterocycles. The van der Waals surface area contributed by atoms with Crippen molar-refractivity contribution in [2.24, 2.45) is 0 Å². The zero-order valence-corrected chi connectivity index (χ0v) is 16.7. The summed E-state index contributed by atoms with van der Waals surface area (Å²) < 4.78 is 2.16. The number of carbonyl (C=O) groups is 1. The fourth-order valence-corrected chi connectivity index (χ4v) is 3.56. The van der Waals surface area contributed by atoms with Gasteiger partial charge in [0.15, 0.2) is 5.82 Å². The third kappa shape index (κ3) is 4.03. The molecule has 10 heteroatoms. The average molecular weight is 442 g/mol. The van der Waals surface area contributed by atoms with Gasteiger partial charge in [0.25, 0.3) is 5.91 Å². The highest BCUT2D eigenvalue weighted by Gasteiger charge is 2.21. The van der Waals surface area contributed by atoms with Crippen LogP contribution in [0.4, 0.5) is 0 Å². The molecule has 0 fully saturated rings. The summed E-state index contributed by atoms with van der Waals surface area (Å²) in [6, 6.07) is 8.37. The van der Waals surface area contributed by atoms with Crippen molar-refractivity contribution in [3.8, 4) is 17.3 Å². The SMILES string of the molecule is Cc1nc([C@H](C)NC(=O)c2cc(Br)cc(C#N)c2)n(-c2ncc(C#N)s2)n1. The van der Waals surface area contributed by atoms with E-state index in [1.807, 2.05) is 12.1 Å². The highest BCUT2D eigenvalue weighted by atomic mass is 79.9. The smallest absolute Gasteiger partial charge is 0.251 e. The van der Waals surface area contributed by atoms with E-state index in [2.05, 4.69) is 36.3 Å². The quantitative estimate of drug-likeness (QED) is 0.663. The number of aromatic nitrogens is 4. The summed E-state index contributed by atoms with van der Waals surface area (Å²) in [6.07, 6.45) is 1.47. The molecule has 0 saturated carbocycles. The number of nitrogens with zero attached hydrogens (tertiary/aromatic N) is 6. The molecule has 2 heterocycles. The van der Waals surface area contributed by atoms with Crippen LogP contribution in [0.3, 0.4) is 0 Å². The van der Waals surface area contributed by atoms with Crippen LogP contribution >= 0.6 is 27.3 Å². The third-order valence-electron chi connectivity index (χ3n) is 3.55. The first kappa shape index (κ1) is 18.7. The van der Waals surface area contributed by atoms with E-state index in [1.165, 1.54) is 28.3 Å². The first-order valence-electron chi connectivity index (χ1n) is 7.72. The van der Waals surface area contributed by atoms with Crippen LogP contribution in [-0.4, -0.2) is 25.7 Å². The molecule has 3 aromatic rings. The molecule has 1 aromatic carbocycles. The van der Waals surface area contributed by atoms with Gasteiger partial charge < -0.3 is 5.32 Å². The molecule has 0 spiro atoms. The molecule has 3 rings (SSSR count). The van der Waals surface area contributed by atoms with E-state index >= 15 is 0 Å². The highest BCUT2D eigenvalue weighted by molar-refractivity contribution is 9.10. The lowest BCUT2D eigenvalue weighted by molar-refractivity contribution is 0.0937. The van der Waals surface area contributed by atoms with Gasteiger partial charge in [0.2, 0.25) is 5.13 Å². The molecule has 0 aliphatic heterocycles. The molecule has 0 bridgehead atoms. The predicted molar refractivity (Wildman–Crippen MR) is 101 cm³/mol. The Morgan fingerprint density at radius 1 is 1.33 bits per heavy atom. The minimum Gasteiger partial charge on any atom is -0.342 e. The summed E-state index contributed by atoms with van der Waals surface area (Å²) >= 11 is 4.48. The number of hydrogen-bond donors (Lipinski definition) is 1. The van der Waals surface area contributed by atoms with Gasteiger partial charge in [0, 0.05) is 10.0 Å². The summed E-state index contributed by atoms with van der Waals surface area (Å²) in [7, 11) is 0. The minimum absolute atomic E-state index is 0.343. The lowest BCUT2D eigenvalue weighted by Crippen LogP contribution is -2.28. The maximum atomic E-state index is 12.6. The van der Waals surface area contributed by atoms with E-state index in [9.17, 15) is 4.79 Å². The van der Waals surface area contributed by atoms with Crippen LogP contribution in [0, 0.1) is 29.6 Å². The molecule has 8 nitrogen and oxygen atoms in total. The fraction of sp³-hybridized carbons (Fsp3) is 0.176. The van der Waals surface area contributed by atoms with Crippen molar-refractivity contribution in [3.63, 3.8) is 0 Å². The highest BCUT2D eigenvalue weighted by Crippen LogP contribution is 2.21. The Hall–Kier alpha value is -3.08. The number of nitriles is 2. The zero-order valence-electron chi connectivity index (χ0n) is 14.3. The standard InChI is InChI=1S/C17H12BrN7OS/c1-9(22-16(26)12-3-11(6-19)4-13(18)5-12)15-23-10(2)24-25(15)17-21-8-14(7-20)27-17/h3-5,8-9H,1-2H3,(H,22,26)/t9-/m0/s1. The summed E-state index contributed by atoms with van der Waals surface area (Å²) in [5, 5.41) is 25.7. The summed E-state index contributed by atoms with van der Waals surface area (Å²) in [5.74, 6) is 0.675. The van der Waals surface area contributed by atoms with Crippen LogP contribution in [0.1, 0.15) is 45.4 Å². The number of aryl methyl sites for hydroxylation is 1. The van der Waals surface area contributed by atoms with Crippen molar-refractivity contribution in [3.05, 3.63) is 56.5 Å². The van der Waals surface area contributed by atoms with E-state index in [1.54, 1.807) is 26.0 Å². The number of amides is 1. The lowest BCUT2D eigenvalue weighted by atomic mass is 10.1. The maximum Gasteiger partial charge on any atom is 0.251 e.